The lowest BCUT2D eigenvalue weighted by atomic mass is 10.2. The van der Waals surface area contributed by atoms with E-state index in [2.05, 4.69) is 0 Å². The van der Waals surface area contributed by atoms with Crippen LogP contribution in [-0.4, -0.2) is 20.8 Å². The van der Waals surface area contributed by atoms with Gasteiger partial charge in [-0.3, -0.25) is 0 Å². The van der Waals surface area contributed by atoms with Crippen molar-refractivity contribution in [1.29, 1.82) is 5.26 Å². The van der Waals surface area contributed by atoms with Gasteiger partial charge in [0.25, 0.3) is 0 Å². The zero-order valence-electron chi connectivity index (χ0n) is 8.59. The molecular formula is C10H12N2O3S. The molecule has 1 aromatic carbocycles. The van der Waals surface area contributed by atoms with Gasteiger partial charge in [0.15, 0.2) is 0 Å². The van der Waals surface area contributed by atoms with Crippen LogP contribution in [0.25, 0.3) is 0 Å². The molecule has 0 heterocycles. The van der Waals surface area contributed by atoms with E-state index in [0.29, 0.717) is 17.7 Å². The van der Waals surface area contributed by atoms with Gasteiger partial charge in [-0.05, 0) is 30.7 Å². The van der Waals surface area contributed by atoms with E-state index < -0.39 is 10.0 Å². The van der Waals surface area contributed by atoms with Gasteiger partial charge in [0, 0.05) is 0 Å². The zero-order chi connectivity index (χ0) is 12.0. The number of nitrogens with zero attached hydrogens (tertiary/aromatic N) is 1. The molecule has 1 rings (SSSR count). The predicted molar refractivity (Wildman–Crippen MR) is 59.2 cm³/mol. The van der Waals surface area contributed by atoms with Crippen LogP contribution in [0.1, 0.15) is 12.0 Å². The minimum atomic E-state index is -3.41. The van der Waals surface area contributed by atoms with E-state index in [1.807, 2.05) is 6.07 Å². The highest BCUT2D eigenvalue weighted by Crippen LogP contribution is 2.11. The molecule has 86 valence electrons. The lowest BCUT2D eigenvalue weighted by molar-refractivity contribution is 0.317. The number of nitrogens with two attached hydrogens (primary N) is 1. The summed E-state index contributed by atoms with van der Waals surface area (Å²) >= 11 is 0. The molecule has 0 aromatic heterocycles. The summed E-state index contributed by atoms with van der Waals surface area (Å²) in [4.78, 5) is 0. The van der Waals surface area contributed by atoms with E-state index in [-0.39, 0.29) is 12.4 Å². The molecule has 0 saturated carbocycles. The van der Waals surface area contributed by atoms with Crippen LogP contribution in [-0.2, 0) is 10.0 Å². The second kappa shape index (κ2) is 5.49. The standard InChI is InChI=1S/C10H12N2O3S/c11-8-9-2-4-10(5-3-9)15-6-1-7-16(12,13)14/h2-5H,1,6-7H2,(H2,12,13,14). The fraction of sp³-hybridized carbons (Fsp3) is 0.300. The molecule has 0 saturated heterocycles. The number of nitriles is 1. The van der Waals surface area contributed by atoms with Gasteiger partial charge in [-0.15, -0.1) is 0 Å². The summed E-state index contributed by atoms with van der Waals surface area (Å²) in [6.07, 6.45) is 0.346. The minimum absolute atomic E-state index is 0.0940. The number of ether oxygens (including phenoxy) is 1. The maximum absolute atomic E-state index is 10.6. The summed E-state index contributed by atoms with van der Waals surface area (Å²) in [6, 6.07) is 8.58. The monoisotopic (exact) mass is 240 g/mol. The van der Waals surface area contributed by atoms with Crippen molar-refractivity contribution in [3.63, 3.8) is 0 Å². The van der Waals surface area contributed by atoms with Gasteiger partial charge >= 0.3 is 0 Å². The molecule has 0 atom stereocenters. The molecule has 0 aliphatic rings. The second-order valence-electron chi connectivity index (χ2n) is 3.21. The van der Waals surface area contributed by atoms with Crippen molar-refractivity contribution in [1.82, 2.24) is 0 Å². The molecular weight excluding hydrogens is 228 g/mol. The van der Waals surface area contributed by atoms with Crippen molar-refractivity contribution in [3.8, 4) is 11.8 Å². The summed E-state index contributed by atoms with van der Waals surface area (Å²) in [5.41, 5.74) is 0.553. The SMILES string of the molecule is N#Cc1ccc(OCCCS(N)(=O)=O)cc1. The summed E-state index contributed by atoms with van der Waals surface area (Å²) < 4.78 is 26.5. The van der Waals surface area contributed by atoms with Crippen LogP contribution < -0.4 is 9.88 Å². The zero-order valence-corrected chi connectivity index (χ0v) is 9.40. The Balaban J connectivity index is 2.36. The Labute approximate surface area is 94.5 Å². The van der Waals surface area contributed by atoms with Crippen LogP contribution in [0.15, 0.2) is 24.3 Å². The molecule has 2 N–H and O–H groups in total. The van der Waals surface area contributed by atoms with Crippen LogP contribution >= 0.6 is 0 Å². The molecule has 1 aromatic rings. The smallest absolute Gasteiger partial charge is 0.209 e. The molecule has 0 fully saturated rings. The summed E-state index contributed by atoms with van der Waals surface area (Å²) in [6.45, 7) is 0.280. The molecule has 16 heavy (non-hydrogen) atoms. The Bertz CT molecular complexity index is 474. The van der Waals surface area contributed by atoms with Crippen LogP contribution in [0.5, 0.6) is 5.75 Å². The van der Waals surface area contributed by atoms with Gasteiger partial charge in [0.05, 0.1) is 24.0 Å². The Morgan fingerprint density at radius 3 is 2.44 bits per heavy atom. The maximum Gasteiger partial charge on any atom is 0.209 e. The van der Waals surface area contributed by atoms with Crippen molar-refractivity contribution in [2.75, 3.05) is 12.4 Å². The number of rotatable bonds is 5. The van der Waals surface area contributed by atoms with Gasteiger partial charge in [-0.2, -0.15) is 5.26 Å². The fourth-order valence-corrected chi connectivity index (χ4v) is 1.60. The molecule has 0 bridgehead atoms. The molecule has 0 unspecified atom stereocenters. The highest BCUT2D eigenvalue weighted by atomic mass is 32.2. The van der Waals surface area contributed by atoms with Crippen LogP contribution in [0.3, 0.4) is 0 Å². The van der Waals surface area contributed by atoms with Gasteiger partial charge in [-0.25, -0.2) is 13.6 Å². The predicted octanol–water partition coefficient (Wildman–Crippen LogP) is 0.616. The fourth-order valence-electron chi connectivity index (χ4n) is 1.08. The Morgan fingerprint density at radius 1 is 1.31 bits per heavy atom. The van der Waals surface area contributed by atoms with Crippen molar-refractivity contribution in [2.45, 2.75) is 6.42 Å². The first-order chi connectivity index (χ1) is 7.51. The number of hydrogen-bond acceptors (Lipinski definition) is 4. The third kappa shape index (κ3) is 4.77. The topological polar surface area (TPSA) is 93.2 Å². The number of primary sulfonamides is 1. The molecule has 0 radical (unpaired) electrons. The van der Waals surface area contributed by atoms with Gasteiger partial charge in [0.1, 0.15) is 5.75 Å². The van der Waals surface area contributed by atoms with E-state index in [4.69, 9.17) is 15.1 Å². The first kappa shape index (κ1) is 12.5. The van der Waals surface area contributed by atoms with Crippen molar-refractivity contribution >= 4 is 10.0 Å². The van der Waals surface area contributed by atoms with Crippen molar-refractivity contribution < 1.29 is 13.2 Å². The van der Waals surface area contributed by atoms with E-state index in [1.54, 1.807) is 24.3 Å². The summed E-state index contributed by atoms with van der Waals surface area (Å²) in [5, 5.41) is 13.4. The molecule has 0 aliphatic heterocycles. The molecule has 6 heteroatoms. The molecule has 5 nitrogen and oxygen atoms in total. The van der Waals surface area contributed by atoms with Crippen molar-refractivity contribution in [3.05, 3.63) is 29.8 Å². The Kier molecular flexibility index (Phi) is 4.28. The lowest BCUT2D eigenvalue weighted by Crippen LogP contribution is -2.18. The largest absolute Gasteiger partial charge is 0.494 e. The number of sulfonamides is 1. The lowest BCUT2D eigenvalue weighted by Gasteiger charge is -2.04. The average Bonchev–Trinajstić information content (AvgIpc) is 2.24. The summed E-state index contributed by atoms with van der Waals surface area (Å²) in [7, 11) is -3.41. The highest BCUT2D eigenvalue weighted by Gasteiger charge is 2.02. The number of hydrogen-bond donors (Lipinski definition) is 1. The first-order valence-electron chi connectivity index (χ1n) is 4.65. The molecule has 0 aliphatic carbocycles. The van der Waals surface area contributed by atoms with Crippen LogP contribution in [0.4, 0.5) is 0 Å². The number of benzene rings is 1. The van der Waals surface area contributed by atoms with Gasteiger partial charge in [0.2, 0.25) is 10.0 Å². The highest BCUT2D eigenvalue weighted by molar-refractivity contribution is 7.89. The molecule has 0 spiro atoms. The van der Waals surface area contributed by atoms with Gasteiger partial charge in [-0.1, -0.05) is 0 Å². The second-order valence-corrected chi connectivity index (χ2v) is 4.94. The van der Waals surface area contributed by atoms with E-state index in [9.17, 15) is 8.42 Å². The quantitative estimate of drug-likeness (QED) is 0.763. The third-order valence-electron chi connectivity index (χ3n) is 1.83. The van der Waals surface area contributed by atoms with Crippen LogP contribution in [0.2, 0.25) is 0 Å². The van der Waals surface area contributed by atoms with Crippen molar-refractivity contribution in [2.24, 2.45) is 5.14 Å². The third-order valence-corrected chi connectivity index (χ3v) is 2.68. The summed E-state index contributed by atoms with van der Waals surface area (Å²) in [5.74, 6) is 0.511. The minimum Gasteiger partial charge on any atom is -0.494 e. The van der Waals surface area contributed by atoms with E-state index >= 15 is 0 Å². The normalized spacial score (nSPS) is 10.8. The maximum atomic E-state index is 10.6. The van der Waals surface area contributed by atoms with E-state index in [1.165, 1.54) is 0 Å². The van der Waals surface area contributed by atoms with Crippen LogP contribution in [0, 0.1) is 11.3 Å². The Hall–Kier alpha value is -1.58. The van der Waals surface area contributed by atoms with Gasteiger partial charge < -0.3 is 4.74 Å². The average molecular weight is 240 g/mol. The van der Waals surface area contributed by atoms with E-state index in [0.717, 1.165) is 0 Å². The first-order valence-corrected chi connectivity index (χ1v) is 6.36. The Morgan fingerprint density at radius 2 is 1.94 bits per heavy atom. The molecule has 0 amide bonds.